The van der Waals surface area contributed by atoms with E-state index in [2.05, 4.69) is 24.1 Å². The number of hydrogen-bond acceptors (Lipinski definition) is 4. The number of rotatable bonds is 5. The molecule has 0 bridgehead atoms. The van der Waals surface area contributed by atoms with E-state index in [1.54, 1.807) is 0 Å². The van der Waals surface area contributed by atoms with E-state index < -0.39 is 0 Å². The highest BCUT2D eigenvalue weighted by molar-refractivity contribution is 7.13. The van der Waals surface area contributed by atoms with Gasteiger partial charge in [-0.1, -0.05) is 13.8 Å². The van der Waals surface area contributed by atoms with Gasteiger partial charge in [-0.2, -0.15) is 0 Å². The van der Waals surface area contributed by atoms with Crippen molar-refractivity contribution in [3.63, 3.8) is 0 Å². The first-order valence-electron chi connectivity index (χ1n) is 4.99. The van der Waals surface area contributed by atoms with Gasteiger partial charge in [-0.3, -0.25) is 4.79 Å². The van der Waals surface area contributed by atoms with Crippen molar-refractivity contribution in [2.45, 2.75) is 32.6 Å². The Morgan fingerprint density at radius 1 is 1.67 bits per heavy atom. The highest BCUT2D eigenvalue weighted by Gasteiger charge is 2.08. The summed E-state index contributed by atoms with van der Waals surface area (Å²) in [6.45, 7) is 4.17. The molecule has 0 fully saturated rings. The minimum atomic E-state index is -0.0892. The van der Waals surface area contributed by atoms with Gasteiger partial charge in [0.05, 0.1) is 5.69 Å². The molecule has 0 radical (unpaired) electrons. The third kappa shape index (κ3) is 3.97. The van der Waals surface area contributed by atoms with Gasteiger partial charge in [0, 0.05) is 18.4 Å². The lowest BCUT2D eigenvalue weighted by Crippen LogP contribution is -2.11. The predicted molar refractivity (Wildman–Crippen MR) is 61.2 cm³/mol. The largest absolute Gasteiger partial charge is 0.396 e. The first kappa shape index (κ1) is 12.1. The van der Waals surface area contributed by atoms with Crippen molar-refractivity contribution in [1.29, 1.82) is 0 Å². The summed E-state index contributed by atoms with van der Waals surface area (Å²) in [6, 6.07) is 0. The minimum absolute atomic E-state index is 0.0442. The molecule has 5 heteroatoms. The van der Waals surface area contributed by atoms with Crippen LogP contribution in [0.3, 0.4) is 0 Å². The van der Waals surface area contributed by atoms with E-state index in [1.807, 2.05) is 5.38 Å². The Labute approximate surface area is 93.4 Å². The zero-order valence-electron chi connectivity index (χ0n) is 8.99. The van der Waals surface area contributed by atoms with Crippen molar-refractivity contribution in [3.05, 3.63) is 11.1 Å². The van der Waals surface area contributed by atoms with Gasteiger partial charge in [0.1, 0.15) is 0 Å². The summed E-state index contributed by atoms with van der Waals surface area (Å²) in [5.74, 6) is 0.290. The van der Waals surface area contributed by atoms with Crippen molar-refractivity contribution in [2.75, 3.05) is 11.9 Å². The van der Waals surface area contributed by atoms with Crippen LogP contribution in [0.5, 0.6) is 0 Å². The molecule has 4 nitrogen and oxygen atoms in total. The molecule has 84 valence electrons. The maximum Gasteiger partial charge on any atom is 0.226 e. The van der Waals surface area contributed by atoms with Crippen LogP contribution < -0.4 is 5.32 Å². The zero-order chi connectivity index (χ0) is 11.3. The molecule has 0 atom stereocenters. The Morgan fingerprint density at radius 3 is 2.93 bits per heavy atom. The van der Waals surface area contributed by atoms with Gasteiger partial charge < -0.3 is 10.4 Å². The molecule has 1 amide bonds. The van der Waals surface area contributed by atoms with Crippen LogP contribution in [-0.4, -0.2) is 22.6 Å². The van der Waals surface area contributed by atoms with Gasteiger partial charge in [0.2, 0.25) is 5.91 Å². The summed E-state index contributed by atoms with van der Waals surface area (Å²) in [6.07, 6.45) is 0.835. The molecule has 0 saturated carbocycles. The van der Waals surface area contributed by atoms with Crippen LogP contribution in [0.1, 0.15) is 38.3 Å². The number of carbonyl (C=O) groups excluding carboxylic acids is 1. The van der Waals surface area contributed by atoms with Gasteiger partial charge in [-0.25, -0.2) is 4.98 Å². The standard InChI is InChI=1S/C10H16N2O2S/c1-7(2)8-6-15-10(11-8)12-9(14)4-3-5-13/h6-7,13H,3-5H2,1-2H3,(H,11,12,14). The first-order chi connectivity index (χ1) is 7.13. The van der Waals surface area contributed by atoms with Crippen molar-refractivity contribution < 1.29 is 9.90 Å². The highest BCUT2D eigenvalue weighted by atomic mass is 32.1. The third-order valence-corrected chi connectivity index (χ3v) is 2.70. The van der Waals surface area contributed by atoms with E-state index in [0.29, 0.717) is 23.9 Å². The molecule has 0 saturated heterocycles. The Morgan fingerprint density at radius 2 is 2.40 bits per heavy atom. The van der Waals surface area contributed by atoms with E-state index in [0.717, 1.165) is 5.69 Å². The molecule has 0 aliphatic carbocycles. The van der Waals surface area contributed by atoms with Crippen molar-refractivity contribution in [1.82, 2.24) is 4.98 Å². The summed E-state index contributed by atoms with van der Waals surface area (Å²) >= 11 is 1.43. The quantitative estimate of drug-likeness (QED) is 0.810. The van der Waals surface area contributed by atoms with Crippen molar-refractivity contribution in [3.8, 4) is 0 Å². The fourth-order valence-electron chi connectivity index (χ4n) is 1.03. The second-order valence-electron chi connectivity index (χ2n) is 3.61. The number of nitrogens with one attached hydrogen (secondary N) is 1. The molecule has 15 heavy (non-hydrogen) atoms. The zero-order valence-corrected chi connectivity index (χ0v) is 9.80. The molecule has 0 aliphatic heterocycles. The summed E-state index contributed by atoms with van der Waals surface area (Å²) in [4.78, 5) is 15.6. The van der Waals surface area contributed by atoms with Crippen LogP contribution in [0.2, 0.25) is 0 Å². The summed E-state index contributed by atoms with van der Waals surface area (Å²) in [5.41, 5.74) is 0.998. The average Bonchev–Trinajstić information content (AvgIpc) is 2.63. The molecular weight excluding hydrogens is 212 g/mol. The molecule has 0 aromatic carbocycles. The van der Waals surface area contributed by atoms with E-state index in [4.69, 9.17) is 5.11 Å². The van der Waals surface area contributed by atoms with E-state index in [9.17, 15) is 4.79 Å². The number of nitrogens with zero attached hydrogens (tertiary/aromatic N) is 1. The fourth-order valence-corrected chi connectivity index (χ4v) is 1.92. The number of anilines is 1. The summed E-state index contributed by atoms with van der Waals surface area (Å²) in [5, 5.41) is 13.9. The lowest BCUT2D eigenvalue weighted by molar-refractivity contribution is -0.116. The Balaban J connectivity index is 2.46. The highest BCUT2D eigenvalue weighted by Crippen LogP contribution is 2.21. The van der Waals surface area contributed by atoms with Crippen LogP contribution in [0.4, 0.5) is 5.13 Å². The predicted octanol–water partition coefficient (Wildman–Crippen LogP) is 1.98. The molecule has 1 heterocycles. The molecule has 2 N–H and O–H groups in total. The van der Waals surface area contributed by atoms with Gasteiger partial charge in [-0.15, -0.1) is 11.3 Å². The van der Waals surface area contributed by atoms with Crippen LogP contribution in [0.25, 0.3) is 0 Å². The average molecular weight is 228 g/mol. The van der Waals surface area contributed by atoms with Crippen molar-refractivity contribution in [2.24, 2.45) is 0 Å². The smallest absolute Gasteiger partial charge is 0.226 e. The van der Waals surface area contributed by atoms with Crippen LogP contribution in [-0.2, 0) is 4.79 Å². The molecule has 1 aromatic rings. The Kier molecular flexibility index (Phi) is 4.71. The first-order valence-corrected chi connectivity index (χ1v) is 5.87. The van der Waals surface area contributed by atoms with Crippen LogP contribution in [0, 0.1) is 0 Å². The third-order valence-electron chi connectivity index (χ3n) is 1.92. The number of thiazole rings is 1. The number of carbonyl (C=O) groups is 1. The van der Waals surface area contributed by atoms with Gasteiger partial charge in [0.15, 0.2) is 5.13 Å². The van der Waals surface area contributed by atoms with E-state index >= 15 is 0 Å². The second kappa shape index (κ2) is 5.82. The van der Waals surface area contributed by atoms with Crippen LogP contribution in [0.15, 0.2) is 5.38 Å². The number of aliphatic hydroxyl groups is 1. The number of aliphatic hydroxyl groups excluding tert-OH is 1. The fraction of sp³-hybridized carbons (Fsp3) is 0.600. The molecule has 0 aliphatic rings. The minimum Gasteiger partial charge on any atom is -0.396 e. The van der Waals surface area contributed by atoms with Gasteiger partial charge in [-0.05, 0) is 12.3 Å². The maximum absolute atomic E-state index is 11.3. The van der Waals surface area contributed by atoms with Crippen LogP contribution >= 0.6 is 11.3 Å². The Bertz CT molecular complexity index is 323. The maximum atomic E-state index is 11.3. The second-order valence-corrected chi connectivity index (χ2v) is 4.47. The Hall–Kier alpha value is -0.940. The van der Waals surface area contributed by atoms with Gasteiger partial charge in [0.25, 0.3) is 0 Å². The molecular formula is C10H16N2O2S. The number of amides is 1. The van der Waals surface area contributed by atoms with Gasteiger partial charge >= 0.3 is 0 Å². The summed E-state index contributed by atoms with van der Waals surface area (Å²) in [7, 11) is 0. The normalized spacial score (nSPS) is 10.7. The number of hydrogen-bond donors (Lipinski definition) is 2. The molecule has 0 spiro atoms. The topological polar surface area (TPSA) is 62.2 Å². The molecule has 1 rings (SSSR count). The number of aromatic nitrogens is 1. The SMILES string of the molecule is CC(C)c1csc(NC(=O)CCCO)n1. The van der Waals surface area contributed by atoms with E-state index in [-0.39, 0.29) is 12.5 Å². The molecule has 1 aromatic heterocycles. The lowest BCUT2D eigenvalue weighted by atomic mass is 10.2. The molecule has 0 unspecified atom stereocenters. The van der Waals surface area contributed by atoms with E-state index in [1.165, 1.54) is 11.3 Å². The lowest BCUT2D eigenvalue weighted by Gasteiger charge is -2.00. The van der Waals surface area contributed by atoms with Crippen molar-refractivity contribution >= 4 is 22.4 Å². The monoisotopic (exact) mass is 228 g/mol. The summed E-state index contributed by atoms with van der Waals surface area (Å²) < 4.78 is 0.